The molecule has 0 aromatic carbocycles. The summed E-state index contributed by atoms with van der Waals surface area (Å²) in [6, 6.07) is 9.65. The van der Waals surface area contributed by atoms with Crippen LogP contribution in [0, 0.1) is 6.92 Å². The van der Waals surface area contributed by atoms with Gasteiger partial charge < -0.3 is 0 Å². The van der Waals surface area contributed by atoms with Crippen molar-refractivity contribution >= 4 is 44.7 Å². The Balaban J connectivity index is 1.44. The highest BCUT2D eigenvalue weighted by Gasteiger charge is 2.17. The lowest BCUT2D eigenvalue weighted by molar-refractivity contribution is 0.102. The van der Waals surface area contributed by atoms with Crippen LogP contribution in [0.2, 0.25) is 0 Å². The van der Waals surface area contributed by atoms with Crippen molar-refractivity contribution in [3.05, 3.63) is 75.8 Å². The molecule has 0 aliphatic rings. The van der Waals surface area contributed by atoms with E-state index in [0.717, 1.165) is 22.3 Å². The molecule has 0 saturated carbocycles. The standard InChI is InChI=1S/C21H16N6OS2/c1-13-8-16(17-10-23-27(19(17)24-13)11-15-5-3-7-29-15)20(28)26-21-25-18(12-30-21)14-4-2-6-22-9-14/h2-10,12H,11H2,1H3,(H,25,26,28). The number of amides is 1. The molecule has 0 fully saturated rings. The van der Waals surface area contributed by atoms with Crippen molar-refractivity contribution in [2.75, 3.05) is 5.32 Å². The van der Waals surface area contributed by atoms with E-state index in [-0.39, 0.29) is 5.91 Å². The molecule has 0 atom stereocenters. The molecule has 5 rings (SSSR count). The van der Waals surface area contributed by atoms with Gasteiger partial charge in [0.15, 0.2) is 10.8 Å². The first-order valence-corrected chi connectivity index (χ1v) is 11.0. The minimum absolute atomic E-state index is 0.228. The lowest BCUT2D eigenvalue weighted by atomic mass is 10.1. The van der Waals surface area contributed by atoms with E-state index in [1.54, 1.807) is 36.0 Å². The average Bonchev–Trinajstić information content (AvgIpc) is 3.51. The van der Waals surface area contributed by atoms with Crippen LogP contribution in [-0.4, -0.2) is 30.6 Å². The van der Waals surface area contributed by atoms with Crippen molar-refractivity contribution in [2.45, 2.75) is 13.5 Å². The molecule has 0 aliphatic heterocycles. The van der Waals surface area contributed by atoms with E-state index in [4.69, 9.17) is 0 Å². The molecule has 9 heteroatoms. The zero-order valence-corrected chi connectivity index (χ0v) is 17.6. The Labute approximate surface area is 180 Å². The predicted octanol–water partition coefficient (Wildman–Crippen LogP) is 4.62. The summed E-state index contributed by atoms with van der Waals surface area (Å²) in [7, 11) is 0. The summed E-state index contributed by atoms with van der Waals surface area (Å²) in [5, 5.41) is 12.6. The predicted molar refractivity (Wildman–Crippen MR) is 119 cm³/mol. The number of pyridine rings is 2. The summed E-state index contributed by atoms with van der Waals surface area (Å²) in [6.07, 6.45) is 5.17. The molecule has 5 aromatic rings. The van der Waals surface area contributed by atoms with Crippen LogP contribution >= 0.6 is 22.7 Å². The Morgan fingerprint density at radius 2 is 2.10 bits per heavy atom. The fourth-order valence-electron chi connectivity index (χ4n) is 3.17. The van der Waals surface area contributed by atoms with E-state index in [9.17, 15) is 4.79 Å². The van der Waals surface area contributed by atoms with Gasteiger partial charge in [0.05, 0.1) is 29.4 Å². The number of aryl methyl sites for hydroxylation is 1. The molecule has 1 amide bonds. The highest BCUT2D eigenvalue weighted by atomic mass is 32.1. The maximum Gasteiger partial charge on any atom is 0.258 e. The van der Waals surface area contributed by atoms with E-state index in [2.05, 4.69) is 31.4 Å². The van der Waals surface area contributed by atoms with Crippen molar-refractivity contribution in [1.82, 2.24) is 24.7 Å². The smallest absolute Gasteiger partial charge is 0.258 e. The third-order valence-corrected chi connectivity index (χ3v) is 6.17. The quantitative estimate of drug-likeness (QED) is 0.438. The van der Waals surface area contributed by atoms with Gasteiger partial charge in [-0.25, -0.2) is 14.6 Å². The van der Waals surface area contributed by atoms with Crippen LogP contribution in [0.5, 0.6) is 0 Å². The molecule has 1 N–H and O–H groups in total. The Bertz CT molecular complexity index is 1320. The highest BCUT2D eigenvalue weighted by Crippen LogP contribution is 2.26. The number of nitrogens with one attached hydrogen (secondary N) is 1. The Morgan fingerprint density at radius 3 is 2.90 bits per heavy atom. The van der Waals surface area contributed by atoms with Crippen LogP contribution in [0.25, 0.3) is 22.3 Å². The van der Waals surface area contributed by atoms with E-state index in [1.807, 2.05) is 40.6 Å². The molecule has 7 nitrogen and oxygen atoms in total. The van der Waals surface area contributed by atoms with Crippen molar-refractivity contribution in [3.8, 4) is 11.3 Å². The number of hydrogen-bond donors (Lipinski definition) is 1. The van der Waals surface area contributed by atoms with Crippen LogP contribution in [0.15, 0.2) is 59.7 Å². The van der Waals surface area contributed by atoms with Gasteiger partial charge in [0.25, 0.3) is 5.91 Å². The van der Waals surface area contributed by atoms with Gasteiger partial charge in [-0.2, -0.15) is 5.10 Å². The van der Waals surface area contributed by atoms with Crippen molar-refractivity contribution in [3.63, 3.8) is 0 Å². The first-order chi connectivity index (χ1) is 14.7. The van der Waals surface area contributed by atoms with E-state index < -0.39 is 0 Å². The number of hydrogen-bond acceptors (Lipinski definition) is 7. The summed E-state index contributed by atoms with van der Waals surface area (Å²) in [5.41, 5.74) is 3.68. The Morgan fingerprint density at radius 1 is 1.17 bits per heavy atom. The monoisotopic (exact) mass is 432 g/mol. The van der Waals surface area contributed by atoms with Gasteiger partial charge in [-0.05, 0) is 36.6 Å². The van der Waals surface area contributed by atoms with Crippen LogP contribution in [0.1, 0.15) is 20.9 Å². The minimum atomic E-state index is -0.228. The molecule has 0 spiro atoms. The van der Waals surface area contributed by atoms with Crippen molar-refractivity contribution < 1.29 is 4.79 Å². The third-order valence-electron chi connectivity index (χ3n) is 4.55. The van der Waals surface area contributed by atoms with Gasteiger partial charge in [0.1, 0.15) is 0 Å². The van der Waals surface area contributed by atoms with Crippen LogP contribution in [-0.2, 0) is 6.54 Å². The minimum Gasteiger partial charge on any atom is -0.298 e. The SMILES string of the molecule is Cc1cc(C(=O)Nc2nc(-c3cccnc3)cs2)c2cnn(Cc3cccs3)c2n1. The lowest BCUT2D eigenvalue weighted by Crippen LogP contribution is -2.13. The Kier molecular flexibility index (Phi) is 4.82. The molecule has 148 valence electrons. The van der Waals surface area contributed by atoms with Gasteiger partial charge in [-0.15, -0.1) is 22.7 Å². The summed E-state index contributed by atoms with van der Waals surface area (Å²) >= 11 is 3.05. The molecular weight excluding hydrogens is 416 g/mol. The maximum absolute atomic E-state index is 13.0. The van der Waals surface area contributed by atoms with Crippen molar-refractivity contribution in [1.29, 1.82) is 0 Å². The first-order valence-electron chi connectivity index (χ1n) is 9.20. The number of thiophene rings is 1. The second-order valence-corrected chi connectivity index (χ2v) is 8.55. The molecule has 5 aromatic heterocycles. The van der Waals surface area contributed by atoms with Crippen LogP contribution < -0.4 is 5.32 Å². The number of thiazole rings is 1. The first kappa shape index (κ1) is 18.6. The summed E-state index contributed by atoms with van der Waals surface area (Å²) in [6.45, 7) is 2.50. The third kappa shape index (κ3) is 3.60. The zero-order valence-electron chi connectivity index (χ0n) is 15.9. The number of carbonyl (C=O) groups excluding carboxylic acids is 1. The highest BCUT2D eigenvalue weighted by molar-refractivity contribution is 7.14. The van der Waals surface area contributed by atoms with Crippen LogP contribution in [0.3, 0.4) is 0 Å². The Hall–Kier alpha value is -3.43. The molecule has 5 heterocycles. The normalized spacial score (nSPS) is 11.1. The molecule has 0 unspecified atom stereocenters. The van der Waals surface area contributed by atoms with E-state index in [0.29, 0.717) is 22.9 Å². The van der Waals surface area contributed by atoms with Gasteiger partial charge in [0, 0.05) is 33.9 Å². The summed E-state index contributed by atoms with van der Waals surface area (Å²) in [5.74, 6) is -0.228. The number of anilines is 1. The van der Waals surface area contributed by atoms with Crippen LogP contribution in [0.4, 0.5) is 5.13 Å². The number of rotatable bonds is 5. The van der Waals surface area contributed by atoms with Gasteiger partial charge >= 0.3 is 0 Å². The fourth-order valence-corrected chi connectivity index (χ4v) is 4.57. The molecule has 0 aliphatic carbocycles. The second kappa shape index (κ2) is 7.77. The number of fused-ring (bicyclic) bond motifs is 1. The van der Waals surface area contributed by atoms with Gasteiger partial charge in [0.2, 0.25) is 0 Å². The fraction of sp³-hybridized carbons (Fsp3) is 0.0952. The second-order valence-electron chi connectivity index (χ2n) is 6.66. The van der Waals surface area contributed by atoms with E-state index >= 15 is 0 Å². The molecule has 0 saturated heterocycles. The topological polar surface area (TPSA) is 85.6 Å². The lowest BCUT2D eigenvalue weighted by Gasteiger charge is -2.06. The maximum atomic E-state index is 13.0. The average molecular weight is 433 g/mol. The summed E-state index contributed by atoms with van der Waals surface area (Å²) in [4.78, 5) is 27.5. The molecule has 0 bridgehead atoms. The number of carbonyl (C=O) groups is 1. The van der Waals surface area contributed by atoms with Gasteiger partial charge in [-0.1, -0.05) is 6.07 Å². The van der Waals surface area contributed by atoms with Crippen molar-refractivity contribution in [2.24, 2.45) is 0 Å². The van der Waals surface area contributed by atoms with E-state index in [1.165, 1.54) is 16.2 Å². The molecular formula is C21H16N6OS2. The molecule has 30 heavy (non-hydrogen) atoms. The largest absolute Gasteiger partial charge is 0.298 e. The molecule has 0 radical (unpaired) electrons. The van der Waals surface area contributed by atoms with Gasteiger partial charge in [-0.3, -0.25) is 15.1 Å². The zero-order chi connectivity index (χ0) is 20.5. The summed E-state index contributed by atoms with van der Waals surface area (Å²) < 4.78 is 1.83. The number of aromatic nitrogens is 5. The number of nitrogens with zero attached hydrogens (tertiary/aromatic N) is 5.